The summed E-state index contributed by atoms with van der Waals surface area (Å²) in [6.07, 6.45) is 3.59. The van der Waals surface area contributed by atoms with Crippen LogP contribution in [-0.2, 0) is 21.1 Å². The monoisotopic (exact) mass is 617 g/mol. The molecule has 0 radical (unpaired) electrons. The minimum atomic E-state index is -0.115. The van der Waals surface area contributed by atoms with Gasteiger partial charge in [0.1, 0.15) is 11.5 Å². The van der Waals surface area contributed by atoms with Gasteiger partial charge in [0.2, 0.25) is 6.71 Å². The van der Waals surface area contributed by atoms with Gasteiger partial charge >= 0.3 is 21.1 Å². The summed E-state index contributed by atoms with van der Waals surface area (Å²) in [6, 6.07) is 32.9. The number of rotatable bonds is 2. The van der Waals surface area contributed by atoms with Crippen molar-refractivity contribution in [2.45, 2.75) is 0 Å². The first-order valence-electron chi connectivity index (χ1n) is 10.8. The van der Waals surface area contributed by atoms with Crippen LogP contribution in [0.5, 0.6) is 23.0 Å². The molecule has 0 bridgehead atoms. The minimum absolute atomic E-state index is 0. The number of nitrogens with zero attached hydrogens (tertiary/aromatic N) is 2. The van der Waals surface area contributed by atoms with Crippen LogP contribution in [0.15, 0.2) is 91.3 Å². The van der Waals surface area contributed by atoms with E-state index < -0.39 is 0 Å². The first-order valence-corrected chi connectivity index (χ1v) is 10.8. The fourth-order valence-corrected chi connectivity index (χ4v) is 4.60. The molecule has 2 aliphatic rings. The molecule has 2 aliphatic heterocycles. The zero-order chi connectivity index (χ0) is 21.8. The molecule has 6 heteroatoms. The Bertz CT molecular complexity index is 1420. The molecule has 5 aromatic rings. The van der Waals surface area contributed by atoms with Crippen molar-refractivity contribution in [3.63, 3.8) is 0 Å². The fourth-order valence-electron chi connectivity index (χ4n) is 4.60. The molecule has 0 saturated carbocycles. The summed E-state index contributed by atoms with van der Waals surface area (Å²) >= 11 is 0. The van der Waals surface area contributed by atoms with Crippen LogP contribution in [0.1, 0.15) is 0 Å². The molecule has 0 amide bonds. The fraction of sp³-hybridized carbons (Fsp3) is 0. The van der Waals surface area contributed by atoms with Crippen molar-refractivity contribution >= 4 is 23.1 Å². The number of benzene rings is 3. The third kappa shape index (κ3) is 3.27. The number of aromatic nitrogens is 2. The maximum absolute atomic E-state index is 6.29. The Hall–Kier alpha value is -3.69. The predicted molar refractivity (Wildman–Crippen MR) is 128 cm³/mol. The summed E-state index contributed by atoms with van der Waals surface area (Å²) < 4.78 is 12.6. The van der Waals surface area contributed by atoms with E-state index in [1.165, 1.54) is 0 Å². The Morgan fingerprint density at radius 3 is 1.56 bits per heavy atom. The van der Waals surface area contributed by atoms with Gasteiger partial charge in [0.05, 0.1) is 0 Å². The molecule has 0 N–H and O–H groups in total. The normalized spacial score (nSPS) is 12.3. The zero-order valence-corrected chi connectivity index (χ0v) is 20.0. The molecule has 162 valence electrons. The van der Waals surface area contributed by atoms with E-state index in [0.29, 0.717) is 0 Å². The van der Waals surface area contributed by atoms with E-state index in [9.17, 15) is 0 Å². The summed E-state index contributed by atoms with van der Waals surface area (Å²) in [4.78, 5) is 9.02. The van der Waals surface area contributed by atoms with Gasteiger partial charge in [-0.1, -0.05) is 30.3 Å². The number of fused-ring (bicyclic) bond motifs is 4. The third-order valence-corrected chi connectivity index (χ3v) is 6.09. The molecule has 0 fully saturated rings. The minimum Gasteiger partial charge on any atom is -0.503 e. The van der Waals surface area contributed by atoms with Crippen LogP contribution < -0.4 is 25.9 Å². The van der Waals surface area contributed by atoms with Crippen molar-refractivity contribution in [1.82, 2.24) is 9.97 Å². The largest absolute Gasteiger partial charge is 2.00 e. The van der Waals surface area contributed by atoms with Crippen molar-refractivity contribution < 1.29 is 30.5 Å². The number of pyridine rings is 2. The van der Waals surface area contributed by atoms with Crippen LogP contribution in [0.2, 0.25) is 0 Å². The molecule has 7 rings (SSSR count). The maximum Gasteiger partial charge on any atom is 2.00 e. The van der Waals surface area contributed by atoms with Gasteiger partial charge in [-0.05, 0) is 35.7 Å². The van der Waals surface area contributed by atoms with Gasteiger partial charge < -0.3 is 19.4 Å². The van der Waals surface area contributed by atoms with E-state index in [1.54, 1.807) is 12.4 Å². The van der Waals surface area contributed by atoms with Crippen LogP contribution in [-0.4, -0.2) is 16.7 Å². The average molecular weight is 617 g/mol. The molecular formula is C28H15BN2O2Pt. The van der Waals surface area contributed by atoms with Gasteiger partial charge in [-0.2, -0.15) is 0 Å². The molecule has 0 unspecified atom stereocenters. The Labute approximate surface area is 212 Å². The second-order valence-corrected chi connectivity index (χ2v) is 8.03. The van der Waals surface area contributed by atoms with Gasteiger partial charge in [-0.25, -0.2) is 0 Å². The van der Waals surface area contributed by atoms with E-state index in [0.717, 1.165) is 61.9 Å². The van der Waals surface area contributed by atoms with Gasteiger partial charge in [-0.3, -0.25) is 0 Å². The molecule has 4 heterocycles. The Morgan fingerprint density at radius 1 is 0.559 bits per heavy atom. The molecular weight excluding hydrogens is 602 g/mol. The summed E-state index contributed by atoms with van der Waals surface area (Å²) in [6.45, 7) is -0.115. The van der Waals surface area contributed by atoms with Crippen LogP contribution in [0, 0.1) is 12.1 Å². The number of hydrogen-bond donors (Lipinski definition) is 0. The second kappa shape index (κ2) is 8.27. The van der Waals surface area contributed by atoms with Crippen LogP contribution in [0.25, 0.3) is 22.5 Å². The molecule has 0 spiro atoms. The van der Waals surface area contributed by atoms with E-state index in [1.807, 2.05) is 78.9 Å². The molecule has 2 aromatic heterocycles. The Kier molecular flexibility index (Phi) is 5.08. The summed E-state index contributed by atoms with van der Waals surface area (Å²) in [5.41, 5.74) is 6.51. The molecule has 0 aliphatic carbocycles. The Morgan fingerprint density at radius 2 is 1.09 bits per heavy atom. The molecule has 4 nitrogen and oxygen atoms in total. The van der Waals surface area contributed by atoms with E-state index in [-0.39, 0.29) is 27.8 Å². The first-order chi connectivity index (χ1) is 16.3. The van der Waals surface area contributed by atoms with Gasteiger partial charge in [0.25, 0.3) is 0 Å². The first kappa shape index (κ1) is 20.9. The van der Waals surface area contributed by atoms with Gasteiger partial charge in [-0.15, -0.1) is 58.5 Å². The van der Waals surface area contributed by atoms with Crippen molar-refractivity contribution in [3.05, 3.63) is 103 Å². The maximum atomic E-state index is 6.29. The molecule has 0 atom stereocenters. The Balaban J connectivity index is 0.00000217. The smallest absolute Gasteiger partial charge is 0.503 e. The molecule has 3 aromatic carbocycles. The van der Waals surface area contributed by atoms with Crippen molar-refractivity contribution in [2.75, 3.05) is 0 Å². The quantitative estimate of drug-likeness (QED) is 0.216. The number of ether oxygens (including phenoxy) is 2. The average Bonchev–Trinajstić information content (AvgIpc) is 2.89. The van der Waals surface area contributed by atoms with E-state index >= 15 is 0 Å². The van der Waals surface area contributed by atoms with Gasteiger partial charge in [0.15, 0.2) is 0 Å². The van der Waals surface area contributed by atoms with Crippen molar-refractivity contribution in [3.8, 4) is 45.5 Å². The third-order valence-electron chi connectivity index (χ3n) is 6.09. The van der Waals surface area contributed by atoms with Crippen molar-refractivity contribution in [1.29, 1.82) is 0 Å². The predicted octanol–water partition coefficient (Wildman–Crippen LogP) is 4.14. The molecule has 0 saturated heterocycles. The van der Waals surface area contributed by atoms with Crippen LogP contribution >= 0.6 is 0 Å². The van der Waals surface area contributed by atoms with Crippen LogP contribution in [0.4, 0.5) is 0 Å². The number of hydrogen-bond acceptors (Lipinski definition) is 4. The summed E-state index contributed by atoms with van der Waals surface area (Å²) in [5, 5.41) is 0. The summed E-state index contributed by atoms with van der Waals surface area (Å²) in [7, 11) is 0. The molecule has 34 heavy (non-hydrogen) atoms. The second-order valence-electron chi connectivity index (χ2n) is 8.03. The van der Waals surface area contributed by atoms with Crippen LogP contribution in [0.3, 0.4) is 0 Å². The zero-order valence-electron chi connectivity index (χ0n) is 17.8. The van der Waals surface area contributed by atoms with Gasteiger partial charge in [0, 0.05) is 29.4 Å². The van der Waals surface area contributed by atoms with E-state index in [2.05, 4.69) is 22.1 Å². The summed E-state index contributed by atoms with van der Waals surface area (Å²) in [5.74, 6) is 3.17. The standard InChI is InChI=1S/C28H15BN2O2.Pt/c1-3-14-30-22(6-1)18-10-12-24-20(16-18)29-21-17-19(23-7-2-4-15-31-23)11-13-25(21)33-27-9-5-8-26(32-24)28(27)29;/h1-15H;/q-2;+2. The topological polar surface area (TPSA) is 44.2 Å². The van der Waals surface area contributed by atoms with Crippen molar-refractivity contribution in [2.24, 2.45) is 0 Å². The SMILES string of the molecule is [Pt+2].[c-]1c(-c2ccccn2)ccc2c1B1c3[c-]c(-c4ccccn4)ccc3Oc3cccc(c31)O2. The van der Waals surface area contributed by atoms with E-state index in [4.69, 9.17) is 9.47 Å².